The number of aliphatic hydroxyl groups is 1. The fourth-order valence-electron chi connectivity index (χ4n) is 0.768. The molecule has 0 spiro atoms. The van der Waals surface area contributed by atoms with E-state index in [1.54, 1.807) is 0 Å². The number of hydrogen-bond acceptors (Lipinski definition) is 2. The molecule has 0 atom stereocenters. The Kier molecular flexibility index (Phi) is 5.73. The van der Waals surface area contributed by atoms with Crippen LogP contribution in [0.4, 0.5) is 12.9 Å². The van der Waals surface area contributed by atoms with Gasteiger partial charge in [-0.05, 0) is 11.7 Å². The van der Waals surface area contributed by atoms with Gasteiger partial charge in [0, 0.05) is 0 Å². The van der Waals surface area contributed by atoms with Crippen molar-refractivity contribution in [3.8, 4) is 0 Å². The molecule has 0 aliphatic carbocycles. The van der Waals surface area contributed by atoms with Crippen molar-refractivity contribution in [3.05, 3.63) is 23.9 Å². The first-order valence-corrected chi connectivity index (χ1v) is 3.30. The monoisotopic (exact) mass is 215 g/mol. The maximum Gasteiger partial charge on any atom is 1.00 e. The molecule has 7 heteroatoms. The van der Waals surface area contributed by atoms with E-state index in [0.29, 0.717) is 0 Å². The molecule has 0 saturated carbocycles. The summed E-state index contributed by atoms with van der Waals surface area (Å²) >= 11 is 0. The number of nitrogens with zero attached hydrogens (tertiary/aromatic N) is 1. The predicted octanol–water partition coefficient (Wildman–Crippen LogP) is -2.37. The maximum atomic E-state index is 12.0. The van der Waals surface area contributed by atoms with Gasteiger partial charge in [0.1, 0.15) is 0 Å². The van der Waals surface area contributed by atoms with Crippen LogP contribution in [0, 0.1) is 0 Å². The van der Waals surface area contributed by atoms with Gasteiger partial charge in [-0.25, -0.2) is 0 Å². The minimum atomic E-state index is -5.05. The third-order valence-corrected chi connectivity index (χ3v) is 1.33. The third-order valence-electron chi connectivity index (χ3n) is 1.33. The van der Waals surface area contributed by atoms with Crippen molar-refractivity contribution in [2.45, 2.75) is 6.61 Å². The molecule has 0 unspecified atom stereocenters. The third kappa shape index (κ3) is 4.09. The van der Waals surface area contributed by atoms with Crippen LogP contribution in [0.3, 0.4) is 0 Å². The van der Waals surface area contributed by atoms with Crippen LogP contribution in [0.2, 0.25) is 0 Å². The summed E-state index contributed by atoms with van der Waals surface area (Å²) in [6.45, 7) is -5.53. The van der Waals surface area contributed by atoms with E-state index in [1.807, 2.05) is 0 Å². The van der Waals surface area contributed by atoms with E-state index in [-0.39, 0.29) is 57.1 Å². The first-order valence-electron chi connectivity index (χ1n) is 3.30. The molecule has 1 rings (SSSR count). The molecule has 2 nitrogen and oxygen atoms in total. The van der Waals surface area contributed by atoms with Gasteiger partial charge in [0.05, 0.1) is 12.3 Å². The van der Waals surface area contributed by atoms with Crippen LogP contribution in [0.1, 0.15) is 5.69 Å². The van der Waals surface area contributed by atoms with E-state index in [2.05, 4.69) is 4.98 Å². The number of aliphatic hydroxyl groups excluding tert-OH is 1. The van der Waals surface area contributed by atoms with Crippen LogP contribution in [0.15, 0.2) is 18.2 Å². The first-order chi connectivity index (χ1) is 5.54. The standard InChI is InChI=1S/C6H6BF3NO.K/c8-7(9,10)6-3-1-2-5(4-12)11-6;/h1-3,12H,4H2;/q-1;+1. The van der Waals surface area contributed by atoms with Crippen molar-refractivity contribution in [2.24, 2.45) is 0 Å². The van der Waals surface area contributed by atoms with E-state index in [1.165, 1.54) is 12.1 Å². The average Bonchev–Trinajstić information content (AvgIpc) is 2.03. The zero-order chi connectivity index (χ0) is 9.19. The van der Waals surface area contributed by atoms with Crippen LogP contribution in [-0.4, -0.2) is 17.1 Å². The smallest absolute Gasteiger partial charge is 0.444 e. The van der Waals surface area contributed by atoms with Crippen LogP contribution in [-0.2, 0) is 6.61 Å². The molecule has 0 saturated heterocycles. The predicted molar refractivity (Wildman–Crippen MR) is 38.9 cm³/mol. The van der Waals surface area contributed by atoms with E-state index in [0.717, 1.165) is 6.07 Å². The van der Waals surface area contributed by atoms with E-state index in [9.17, 15) is 12.9 Å². The molecule has 1 aromatic heterocycles. The molecular formula is C6H6BF3KNO. The van der Waals surface area contributed by atoms with Gasteiger partial charge in [0.15, 0.2) is 0 Å². The molecule has 0 aliphatic heterocycles. The molecular weight excluding hydrogens is 209 g/mol. The van der Waals surface area contributed by atoms with Crippen molar-refractivity contribution in [3.63, 3.8) is 0 Å². The minimum absolute atomic E-state index is 0. The molecule has 0 bridgehead atoms. The summed E-state index contributed by atoms with van der Waals surface area (Å²) < 4.78 is 36.1. The number of pyridine rings is 1. The van der Waals surface area contributed by atoms with E-state index < -0.39 is 19.2 Å². The Balaban J connectivity index is 0.00000144. The molecule has 1 N–H and O–H groups in total. The van der Waals surface area contributed by atoms with Gasteiger partial charge >= 0.3 is 58.4 Å². The van der Waals surface area contributed by atoms with Crippen molar-refractivity contribution in [1.82, 2.24) is 4.98 Å². The largest absolute Gasteiger partial charge is 1.00 e. The van der Waals surface area contributed by atoms with Gasteiger partial charge in [-0.15, -0.1) is 0 Å². The van der Waals surface area contributed by atoms with Crippen molar-refractivity contribution >= 4 is 12.6 Å². The van der Waals surface area contributed by atoms with Gasteiger partial charge in [-0.1, -0.05) is 12.1 Å². The van der Waals surface area contributed by atoms with Gasteiger partial charge in [0.25, 0.3) is 0 Å². The maximum absolute atomic E-state index is 12.0. The summed E-state index contributed by atoms with van der Waals surface area (Å²) in [5, 5.41) is 8.50. The van der Waals surface area contributed by atoms with Crippen molar-refractivity contribution < 1.29 is 69.4 Å². The Hall–Kier alpha value is 0.601. The quantitative estimate of drug-likeness (QED) is 0.559. The van der Waals surface area contributed by atoms with Crippen LogP contribution in [0.25, 0.3) is 0 Å². The zero-order valence-electron chi connectivity index (χ0n) is 7.04. The fourth-order valence-corrected chi connectivity index (χ4v) is 0.768. The molecule has 66 valence electrons. The second-order valence-corrected chi connectivity index (χ2v) is 2.29. The molecule has 0 aliphatic rings. The summed E-state index contributed by atoms with van der Waals surface area (Å²) in [5.74, 6) is 0. The van der Waals surface area contributed by atoms with Gasteiger partial charge in [0.2, 0.25) is 0 Å². The zero-order valence-corrected chi connectivity index (χ0v) is 10.2. The van der Waals surface area contributed by atoms with Crippen LogP contribution < -0.4 is 57.0 Å². The molecule has 1 heterocycles. The number of aromatic nitrogens is 1. The molecule has 0 fully saturated rings. The topological polar surface area (TPSA) is 33.1 Å². The van der Waals surface area contributed by atoms with Gasteiger partial charge in [-0.2, -0.15) is 0 Å². The Morgan fingerprint density at radius 1 is 1.31 bits per heavy atom. The van der Waals surface area contributed by atoms with Crippen molar-refractivity contribution in [2.75, 3.05) is 0 Å². The number of hydrogen-bond donors (Lipinski definition) is 1. The van der Waals surface area contributed by atoms with Gasteiger partial charge in [-0.3, -0.25) is 4.98 Å². The second-order valence-electron chi connectivity index (χ2n) is 2.29. The normalized spacial score (nSPS) is 10.8. The van der Waals surface area contributed by atoms with Crippen molar-refractivity contribution in [1.29, 1.82) is 0 Å². The molecule has 0 radical (unpaired) electrons. The van der Waals surface area contributed by atoms with E-state index in [4.69, 9.17) is 5.11 Å². The summed E-state index contributed by atoms with van der Waals surface area (Å²) in [5.41, 5.74) is -0.881. The van der Waals surface area contributed by atoms with E-state index >= 15 is 0 Å². The first kappa shape index (κ1) is 13.6. The Labute approximate surface area is 116 Å². The summed E-state index contributed by atoms with van der Waals surface area (Å²) in [6, 6.07) is 3.45. The summed E-state index contributed by atoms with van der Waals surface area (Å²) in [4.78, 5) is 3.22. The Bertz CT molecular complexity index is 281. The minimum Gasteiger partial charge on any atom is -0.444 e. The average molecular weight is 215 g/mol. The van der Waals surface area contributed by atoms with Crippen LogP contribution >= 0.6 is 0 Å². The number of halogens is 3. The molecule has 0 aromatic carbocycles. The molecule has 13 heavy (non-hydrogen) atoms. The SMILES string of the molecule is OCc1cccc([B-](F)(F)F)n1.[K+]. The second kappa shape index (κ2) is 5.47. The summed E-state index contributed by atoms with van der Waals surface area (Å²) in [6.07, 6.45) is 0. The molecule has 1 aromatic rings. The Morgan fingerprint density at radius 3 is 2.38 bits per heavy atom. The Morgan fingerprint density at radius 2 is 1.92 bits per heavy atom. The fraction of sp³-hybridized carbons (Fsp3) is 0.167. The van der Waals surface area contributed by atoms with Gasteiger partial charge < -0.3 is 18.1 Å². The summed E-state index contributed by atoms with van der Waals surface area (Å²) in [7, 11) is 0. The molecule has 0 amide bonds. The number of rotatable bonds is 2. The van der Waals surface area contributed by atoms with Crippen LogP contribution in [0.5, 0.6) is 0 Å².